The van der Waals surface area contributed by atoms with Crippen molar-refractivity contribution < 1.29 is 31.1 Å². The first-order chi connectivity index (χ1) is 15.0. The summed E-state index contributed by atoms with van der Waals surface area (Å²) in [6.45, 7) is 0.343. The Bertz CT molecular complexity index is 1090. The fourth-order valence-corrected chi connectivity index (χ4v) is 3.06. The van der Waals surface area contributed by atoms with Gasteiger partial charge in [0.25, 0.3) is 0 Å². The van der Waals surface area contributed by atoms with E-state index in [2.05, 4.69) is 25.4 Å². The molecule has 4 rings (SSSR count). The van der Waals surface area contributed by atoms with Gasteiger partial charge in [-0.2, -0.15) is 31.4 Å². The summed E-state index contributed by atoms with van der Waals surface area (Å²) in [6.07, 6.45) is -5.95. The molecule has 1 aliphatic rings. The summed E-state index contributed by atoms with van der Waals surface area (Å²) in [4.78, 5) is 26.1. The minimum atomic E-state index is -5.00. The molecule has 8 nitrogen and oxygen atoms in total. The van der Waals surface area contributed by atoms with Crippen molar-refractivity contribution in [3.8, 4) is 5.82 Å². The molecule has 1 N–H and O–H groups in total. The van der Waals surface area contributed by atoms with E-state index in [9.17, 15) is 31.1 Å². The first kappa shape index (κ1) is 21.5. The Morgan fingerprint density at radius 2 is 1.53 bits per heavy atom. The molecule has 1 saturated heterocycles. The molecule has 2 aromatic heterocycles. The van der Waals surface area contributed by atoms with Crippen molar-refractivity contribution in [2.75, 3.05) is 23.3 Å². The Morgan fingerprint density at radius 1 is 0.906 bits per heavy atom. The number of benzene rings is 1. The monoisotopic (exact) mass is 457 g/mol. The zero-order chi connectivity index (χ0) is 23.1. The van der Waals surface area contributed by atoms with Crippen molar-refractivity contribution in [1.29, 1.82) is 0 Å². The van der Waals surface area contributed by atoms with E-state index in [-0.39, 0.29) is 19.2 Å². The predicted molar refractivity (Wildman–Crippen MR) is 97.7 cm³/mol. The Balaban J connectivity index is 1.45. The van der Waals surface area contributed by atoms with Gasteiger partial charge in [-0.25, -0.2) is 19.6 Å². The lowest BCUT2D eigenvalue weighted by Crippen LogP contribution is -2.52. The smallest absolute Gasteiger partial charge is 0.355 e. The largest absolute Gasteiger partial charge is 0.416 e. The van der Waals surface area contributed by atoms with Crippen molar-refractivity contribution in [3.63, 3.8) is 0 Å². The van der Waals surface area contributed by atoms with Gasteiger partial charge in [0.2, 0.25) is 5.91 Å². The molecule has 3 heterocycles. The predicted octanol–water partition coefficient (Wildman–Crippen LogP) is 3.17. The number of hydrogen-bond acceptors (Lipinski definition) is 6. The van der Waals surface area contributed by atoms with E-state index in [1.54, 1.807) is 11.0 Å². The van der Waals surface area contributed by atoms with E-state index in [1.165, 1.54) is 23.7 Å². The summed E-state index contributed by atoms with van der Waals surface area (Å²) in [5, 5.41) is 6.10. The fourth-order valence-electron chi connectivity index (χ4n) is 3.06. The van der Waals surface area contributed by atoms with Crippen LogP contribution in [0.2, 0.25) is 0 Å². The van der Waals surface area contributed by atoms with Crippen LogP contribution < -0.4 is 10.2 Å². The number of nitrogens with zero attached hydrogens (tertiary/aromatic N) is 6. The second-order valence-corrected chi connectivity index (χ2v) is 6.96. The molecule has 1 aliphatic heterocycles. The van der Waals surface area contributed by atoms with Crippen molar-refractivity contribution in [2.24, 2.45) is 5.92 Å². The molecular weight excluding hydrogens is 444 g/mol. The molecule has 1 amide bonds. The third kappa shape index (κ3) is 4.48. The Hall–Kier alpha value is -3.71. The number of aromatic nitrogens is 5. The van der Waals surface area contributed by atoms with E-state index in [4.69, 9.17) is 0 Å². The highest BCUT2D eigenvalue weighted by Crippen LogP contribution is 2.37. The zero-order valence-corrected chi connectivity index (χ0v) is 15.9. The topological polar surface area (TPSA) is 88.8 Å². The van der Waals surface area contributed by atoms with E-state index in [0.717, 1.165) is 0 Å². The van der Waals surface area contributed by atoms with Crippen molar-refractivity contribution in [3.05, 3.63) is 54.4 Å². The summed E-state index contributed by atoms with van der Waals surface area (Å²) < 4.78 is 79.2. The van der Waals surface area contributed by atoms with Gasteiger partial charge in [0, 0.05) is 24.8 Å². The van der Waals surface area contributed by atoms with Gasteiger partial charge in [-0.05, 0) is 18.2 Å². The average Bonchev–Trinajstić information content (AvgIpc) is 3.20. The lowest BCUT2D eigenvalue weighted by molar-refractivity contribution is -0.143. The van der Waals surface area contributed by atoms with Crippen LogP contribution in [0.1, 0.15) is 11.1 Å². The number of nitrogens with one attached hydrogen (secondary N) is 1. The summed E-state index contributed by atoms with van der Waals surface area (Å²) in [7, 11) is 0. The van der Waals surface area contributed by atoms with Gasteiger partial charge in [-0.1, -0.05) is 0 Å². The second kappa shape index (κ2) is 7.76. The molecule has 3 aromatic rings. The van der Waals surface area contributed by atoms with E-state index in [1.807, 2.05) is 0 Å². The highest BCUT2D eigenvalue weighted by atomic mass is 19.4. The number of hydrogen-bond donors (Lipinski definition) is 1. The molecule has 0 atom stereocenters. The first-order valence-corrected chi connectivity index (χ1v) is 9.03. The van der Waals surface area contributed by atoms with Crippen molar-refractivity contribution in [1.82, 2.24) is 24.7 Å². The molecule has 0 saturated carbocycles. The molecule has 14 heteroatoms. The van der Waals surface area contributed by atoms with Gasteiger partial charge < -0.3 is 10.2 Å². The highest BCUT2D eigenvalue weighted by molar-refractivity contribution is 5.94. The van der Waals surface area contributed by atoms with Gasteiger partial charge in [0.05, 0.1) is 17.0 Å². The quantitative estimate of drug-likeness (QED) is 0.606. The van der Waals surface area contributed by atoms with Crippen LogP contribution in [0.25, 0.3) is 5.82 Å². The van der Waals surface area contributed by atoms with Crippen LogP contribution >= 0.6 is 0 Å². The van der Waals surface area contributed by atoms with Crippen molar-refractivity contribution in [2.45, 2.75) is 12.4 Å². The Kier molecular flexibility index (Phi) is 5.22. The van der Waals surface area contributed by atoms with Crippen LogP contribution in [0, 0.1) is 5.92 Å². The van der Waals surface area contributed by atoms with E-state index < -0.39 is 41.0 Å². The number of rotatable bonds is 4. The second-order valence-electron chi connectivity index (χ2n) is 6.96. The normalized spacial score (nSPS) is 14.9. The standard InChI is InChI=1S/C18H13F6N7O/c19-17(20,21)11-1-12(18(22,23)24)3-13(2-11)29-16(32)10-5-30(6-10)14-4-15(27-8-26-14)31-9-25-7-28-31/h1-4,7-10H,5-6H2,(H,29,32). The fraction of sp³-hybridized carbons (Fsp3) is 0.278. The lowest BCUT2D eigenvalue weighted by Gasteiger charge is -2.39. The van der Waals surface area contributed by atoms with Crippen LogP contribution in [0.5, 0.6) is 0 Å². The molecule has 32 heavy (non-hydrogen) atoms. The number of amides is 1. The zero-order valence-electron chi connectivity index (χ0n) is 15.9. The molecule has 1 fully saturated rings. The van der Waals surface area contributed by atoms with E-state index in [0.29, 0.717) is 23.8 Å². The van der Waals surface area contributed by atoms with Crippen molar-refractivity contribution >= 4 is 17.4 Å². The number of anilines is 2. The molecule has 0 spiro atoms. The van der Waals surface area contributed by atoms with Gasteiger partial charge in [-0.15, -0.1) is 0 Å². The molecular formula is C18H13F6N7O. The molecule has 0 aliphatic carbocycles. The van der Waals surface area contributed by atoms with Crippen LogP contribution in [0.4, 0.5) is 37.8 Å². The summed E-state index contributed by atoms with van der Waals surface area (Å²) in [6, 6.07) is 2.55. The lowest BCUT2D eigenvalue weighted by atomic mass is 9.98. The van der Waals surface area contributed by atoms with E-state index >= 15 is 0 Å². The highest BCUT2D eigenvalue weighted by Gasteiger charge is 2.38. The Morgan fingerprint density at radius 3 is 2.09 bits per heavy atom. The minimum absolute atomic E-state index is 0.00254. The first-order valence-electron chi connectivity index (χ1n) is 9.03. The third-order valence-electron chi connectivity index (χ3n) is 4.72. The third-order valence-corrected chi connectivity index (χ3v) is 4.72. The number of carbonyl (C=O) groups excluding carboxylic acids is 1. The SMILES string of the molecule is O=C(Nc1cc(C(F)(F)F)cc(C(F)(F)F)c1)C1CN(c2cc(-n3cncn3)ncn2)C1. The van der Waals surface area contributed by atoms with Crippen LogP contribution in [-0.4, -0.2) is 43.7 Å². The molecule has 0 radical (unpaired) electrons. The molecule has 0 bridgehead atoms. The summed E-state index contributed by atoms with van der Waals surface area (Å²) in [5.41, 5.74) is -3.58. The number of alkyl halides is 6. The van der Waals surface area contributed by atoms with Crippen LogP contribution in [0.3, 0.4) is 0 Å². The van der Waals surface area contributed by atoms with Crippen LogP contribution in [-0.2, 0) is 17.1 Å². The van der Waals surface area contributed by atoms with Gasteiger partial charge in [0.15, 0.2) is 5.82 Å². The minimum Gasteiger partial charge on any atom is -0.355 e. The number of halogens is 6. The maximum Gasteiger partial charge on any atom is 0.416 e. The number of carbonyl (C=O) groups is 1. The average molecular weight is 457 g/mol. The van der Waals surface area contributed by atoms with Crippen LogP contribution in [0.15, 0.2) is 43.2 Å². The molecule has 0 unspecified atom stereocenters. The molecule has 168 valence electrons. The summed E-state index contributed by atoms with van der Waals surface area (Å²) in [5.74, 6) is -0.431. The maximum atomic E-state index is 13.0. The molecule has 1 aromatic carbocycles. The Labute approximate surface area is 175 Å². The van der Waals surface area contributed by atoms with Gasteiger partial charge in [-0.3, -0.25) is 4.79 Å². The van der Waals surface area contributed by atoms with Gasteiger partial charge in [0.1, 0.15) is 24.8 Å². The summed E-state index contributed by atoms with van der Waals surface area (Å²) >= 11 is 0. The van der Waals surface area contributed by atoms with Gasteiger partial charge >= 0.3 is 12.4 Å². The maximum absolute atomic E-state index is 13.0.